The molecule has 2 heterocycles. The SMILES string of the molecule is Fc1cc(OC(F)F)c2nc(CC3CC4(C3)CN(CC3(F)CCC(F)(F)CC3)C4)[nH]c2c1. The summed E-state index contributed by atoms with van der Waals surface area (Å²) in [4.78, 5) is 9.35. The number of rotatable bonds is 6. The number of benzene rings is 1. The highest BCUT2D eigenvalue weighted by atomic mass is 19.3. The number of alkyl halides is 5. The van der Waals surface area contributed by atoms with E-state index < -0.39 is 24.0 Å². The topological polar surface area (TPSA) is 41.1 Å². The second kappa shape index (κ2) is 7.53. The molecule has 2 saturated carbocycles. The lowest BCUT2D eigenvalue weighted by molar-refractivity contribution is -0.130. The molecule has 176 valence electrons. The van der Waals surface area contributed by atoms with Gasteiger partial charge in [-0.05, 0) is 43.1 Å². The zero-order chi connectivity index (χ0) is 22.7. The van der Waals surface area contributed by atoms with Gasteiger partial charge in [0.15, 0.2) is 5.75 Å². The number of nitrogens with zero attached hydrogens (tertiary/aromatic N) is 2. The van der Waals surface area contributed by atoms with E-state index in [1.54, 1.807) is 0 Å². The van der Waals surface area contributed by atoms with Gasteiger partial charge in [-0.1, -0.05) is 0 Å². The Morgan fingerprint density at radius 1 is 1.09 bits per heavy atom. The van der Waals surface area contributed by atoms with Crippen molar-refractivity contribution in [3.05, 3.63) is 23.8 Å². The first kappa shape index (κ1) is 21.9. The van der Waals surface area contributed by atoms with Crippen LogP contribution in [0.1, 0.15) is 44.3 Å². The maximum absolute atomic E-state index is 14.9. The first-order valence-corrected chi connectivity index (χ1v) is 10.9. The molecular weight excluding hydrogens is 436 g/mol. The van der Waals surface area contributed by atoms with Crippen LogP contribution in [0.3, 0.4) is 0 Å². The van der Waals surface area contributed by atoms with Gasteiger partial charge in [-0.15, -0.1) is 0 Å². The molecule has 0 amide bonds. The van der Waals surface area contributed by atoms with Crippen LogP contribution in [0.2, 0.25) is 0 Å². The molecule has 3 aliphatic rings. The van der Waals surface area contributed by atoms with Gasteiger partial charge in [0.25, 0.3) is 0 Å². The van der Waals surface area contributed by atoms with Gasteiger partial charge >= 0.3 is 6.61 Å². The Kier molecular flexibility index (Phi) is 5.14. The van der Waals surface area contributed by atoms with Crippen LogP contribution in [0, 0.1) is 17.2 Å². The number of aromatic nitrogens is 2. The molecule has 1 aromatic carbocycles. The Bertz CT molecular complexity index is 985. The van der Waals surface area contributed by atoms with E-state index in [4.69, 9.17) is 0 Å². The molecule has 2 aliphatic carbocycles. The second-order valence-electron chi connectivity index (χ2n) is 9.99. The predicted octanol–water partition coefficient (Wildman–Crippen LogP) is 5.48. The van der Waals surface area contributed by atoms with E-state index in [1.165, 1.54) is 6.07 Å². The number of fused-ring (bicyclic) bond motifs is 1. The molecule has 1 aliphatic heterocycles. The predicted molar refractivity (Wildman–Crippen MR) is 105 cm³/mol. The highest BCUT2D eigenvalue weighted by Gasteiger charge is 2.54. The summed E-state index contributed by atoms with van der Waals surface area (Å²) in [6.45, 7) is -1.31. The zero-order valence-electron chi connectivity index (χ0n) is 17.5. The van der Waals surface area contributed by atoms with Gasteiger partial charge in [-0.25, -0.2) is 22.5 Å². The zero-order valence-corrected chi connectivity index (χ0v) is 17.5. The van der Waals surface area contributed by atoms with Crippen molar-refractivity contribution in [1.82, 2.24) is 14.9 Å². The number of ether oxygens (including phenoxy) is 1. The number of halogens is 6. The molecule has 1 N–H and O–H groups in total. The Balaban J connectivity index is 1.13. The van der Waals surface area contributed by atoms with Crippen molar-refractivity contribution in [2.75, 3.05) is 19.6 Å². The molecule has 1 aromatic heterocycles. The van der Waals surface area contributed by atoms with E-state index >= 15 is 0 Å². The van der Waals surface area contributed by atoms with Gasteiger partial charge in [0.05, 0.1) is 5.52 Å². The monoisotopic (exact) mass is 461 g/mol. The highest BCUT2D eigenvalue weighted by Crippen LogP contribution is 2.53. The van der Waals surface area contributed by atoms with Crippen LogP contribution >= 0.6 is 0 Å². The number of likely N-dealkylation sites (tertiary alicyclic amines) is 1. The van der Waals surface area contributed by atoms with Crippen molar-refractivity contribution < 1.29 is 31.1 Å². The Morgan fingerprint density at radius 3 is 2.44 bits per heavy atom. The summed E-state index contributed by atoms with van der Waals surface area (Å²) in [5, 5.41) is 0. The Hall–Kier alpha value is -1.97. The van der Waals surface area contributed by atoms with Gasteiger partial charge in [-0.3, -0.25) is 4.90 Å². The lowest BCUT2D eigenvalue weighted by Crippen LogP contribution is -2.64. The van der Waals surface area contributed by atoms with Gasteiger partial charge in [-0.2, -0.15) is 8.78 Å². The number of hydrogen-bond donors (Lipinski definition) is 1. The summed E-state index contributed by atoms with van der Waals surface area (Å²) in [5.41, 5.74) is -0.891. The molecule has 0 bridgehead atoms. The second-order valence-corrected chi connectivity index (χ2v) is 9.99. The molecular formula is C22H25F6N3O. The fourth-order valence-electron chi connectivity index (χ4n) is 5.86. The molecule has 1 saturated heterocycles. The lowest BCUT2D eigenvalue weighted by Gasteiger charge is -2.60. The number of H-pyrrole nitrogens is 1. The fraction of sp³-hybridized carbons (Fsp3) is 0.682. The van der Waals surface area contributed by atoms with E-state index in [2.05, 4.69) is 14.7 Å². The molecule has 0 radical (unpaired) electrons. The van der Waals surface area contributed by atoms with E-state index in [0.717, 1.165) is 32.0 Å². The van der Waals surface area contributed by atoms with Crippen molar-refractivity contribution in [3.63, 3.8) is 0 Å². The summed E-state index contributed by atoms with van der Waals surface area (Å²) in [5.74, 6) is -2.78. The third kappa shape index (κ3) is 4.30. The summed E-state index contributed by atoms with van der Waals surface area (Å²) in [7, 11) is 0. The lowest BCUT2D eigenvalue weighted by atomic mass is 9.56. The van der Waals surface area contributed by atoms with Gasteiger partial charge in [0, 0.05) is 45.0 Å². The van der Waals surface area contributed by atoms with E-state index in [-0.39, 0.29) is 48.9 Å². The van der Waals surface area contributed by atoms with Crippen molar-refractivity contribution in [3.8, 4) is 5.75 Å². The quantitative estimate of drug-likeness (QED) is 0.580. The smallest absolute Gasteiger partial charge is 0.387 e. The molecule has 1 spiro atoms. The van der Waals surface area contributed by atoms with Crippen LogP contribution in [-0.2, 0) is 6.42 Å². The molecule has 0 atom stereocenters. The summed E-state index contributed by atoms with van der Waals surface area (Å²) in [6.07, 6.45) is 1.55. The number of imidazole rings is 1. The minimum Gasteiger partial charge on any atom is -0.432 e. The molecule has 10 heteroatoms. The first-order valence-electron chi connectivity index (χ1n) is 10.9. The van der Waals surface area contributed by atoms with E-state index in [1.807, 2.05) is 4.90 Å². The van der Waals surface area contributed by atoms with Crippen LogP contribution in [-0.4, -0.2) is 52.7 Å². The number of aromatic amines is 1. The normalized spacial score (nSPS) is 24.6. The molecule has 0 unspecified atom stereocenters. The average Bonchev–Trinajstić information content (AvgIpc) is 3.03. The number of hydrogen-bond acceptors (Lipinski definition) is 3. The maximum atomic E-state index is 14.9. The van der Waals surface area contributed by atoms with Gasteiger partial charge < -0.3 is 9.72 Å². The summed E-state index contributed by atoms with van der Waals surface area (Å²) < 4.78 is 84.8. The minimum absolute atomic E-state index is 0.0873. The summed E-state index contributed by atoms with van der Waals surface area (Å²) >= 11 is 0. The third-order valence-corrected chi connectivity index (χ3v) is 7.21. The molecule has 5 rings (SSSR count). The van der Waals surface area contributed by atoms with Crippen molar-refractivity contribution in [1.29, 1.82) is 0 Å². The third-order valence-electron chi connectivity index (χ3n) is 7.21. The largest absolute Gasteiger partial charge is 0.432 e. The van der Waals surface area contributed by atoms with Crippen LogP contribution in [0.4, 0.5) is 26.3 Å². The Morgan fingerprint density at radius 2 is 1.78 bits per heavy atom. The molecule has 2 aromatic rings. The highest BCUT2D eigenvalue weighted by molar-refractivity contribution is 5.82. The van der Waals surface area contributed by atoms with Crippen LogP contribution in [0.25, 0.3) is 11.0 Å². The van der Waals surface area contributed by atoms with Crippen molar-refractivity contribution in [2.24, 2.45) is 11.3 Å². The first-order chi connectivity index (χ1) is 15.0. The molecule has 32 heavy (non-hydrogen) atoms. The van der Waals surface area contributed by atoms with Crippen LogP contribution in [0.5, 0.6) is 5.75 Å². The van der Waals surface area contributed by atoms with Crippen molar-refractivity contribution in [2.45, 2.75) is 63.1 Å². The fourth-order valence-corrected chi connectivity index (χ4v) is 5.86. The van der Waals surface area contributed by atoms with Gasteiger partial charge in [0.2, 0.25) is 5.92 Å². The van der Waals surface area contributed by atoms with Crippen LogP contribution in [0.15, 0.2) is 12.1 Å². The summed E-state index contributed by atoms with van der Waals surface area (Å²) in [6, 6.07) is 2.09. The molecule has 4 nitrogen and oxygen atoms in total. The molecule has 3 fully saturated rings. The standard InChI is InChI=1S/C22H25F6N3O/c23-14-6-15-18(16(7-14)32-19(24)25)30-17(29-15)5-13-8-20(9-13)10-31(11-20)12-21(26)1-3-22(27,28)4-2-21/h6-7,13,19H,1-5,8-12H2,(H,29,30). The average molecular weight is 461 g/mol. The Labute approximate surface area is 181 Å². The van der Waals surface area contributed by atoms with E-state index in [0.29, 0.717) is 23.7 Å². The van der Waals surface area contributed by atoms with Crippen LogP contribution < -0.4 is 4.74 Å². The van der Waals surface area contributed by atoms with Crippen molar-refractivity contribution >= 4 is 11.0 Å². The van der Waals surface area contributed by atoms with E-state index in [9.17, 15) is 26.3 Å². The van der Waals surface area contributed by atoms with Gasteiger partial charge in [0.1, 0.15) is 22.8 Å². The maximum Gasteiger partial charge on any atom is 0.387 e. The minimum atomic E-state index is -3.07. The number of nitrogens with one attached hydrogen (secondary N) is 1.